The molecule has 0 fully saturated rings. The molecule has 0 bridgehead atoms. The minimum Gasteiger partial charge on any atom is -0.479 e. The smallest absolute Gasteiger partial charge is 0.242 e. The lowest BCUT2D eigenvalue weighted by Gasteiger charge is -2.06. The van der Waals surface area contributed by atoms with E-state index in [-0.39, 0.29) is 22.0 Å². The fourth-order valence-corrected chi connectivity index (χ4v) is 2.24. The van der Waals surface area contributed by atoms with Gasteiger partial charge >= 0.3 is 0 Å². The molecule has 0 aliphatic heterocycles. The summed E-state index contributed by atoms with van der Waals surface area (Å²) in [5, 5.41) is 0. The maximum atomic E-state index is 13.9. The number of hydrogen-bond acceptors (Lipinski definition) is 4. The minimum absolute atomic E-state index is 0.0998. The Labute approximate surface area is 116 Å². The fourth-order valence-electron chi connectivity index (χ4n) is 1.96. The van der Waals surface area contributed by atoms with Gasteiger partial charge in [0.15, 0.2) is 10.4 Å². The van der Waals surface area contributed by atoms with Crippen molar-refractivity contribution in [1.29, 1.82) is 0 Å². The van der Waals surface area contributed by atoms with Gasteiger partial charge in [0.1, 0.15) is 29.2 Å². The first-order chi connectivity index (χ1) is 9.63. The van der Waals surface area contributed by atoms with Gasteiger partial charge in [-0.15, -0.1) is 0 Å². The number of para-hydroxylation sites is 1. The van der Waals surface area contributed by atoms with Crippen molar-refractivity contribution in [1.82, 2.24) is 19.5 Å². The summed E-state index contributed by atoms with van der Waals surface area (Å²) in [4.78, 5) is 10.7. The molecule has 0 aliphatic rings. The molecule has 3 rings (SSSR count). The zero-order valence-corrected chi connectivity index (χ0v) is 11.0. The number of rotatable bonds is 2. The third-order valence-electron chi connectivity index (χ3n) is 2.79. The highest BCUT2D eigenvalue weighted by Gasteiger charge is 2.18. The Kier molecular flexibility index (Phi) is 2.94. The third kappa shape index (κ3) is 1.76. The first-order valence-corrected chi connectivity index (χ1v) is 5.98. The lowest BCUT2D eigenvalue weighted by molar-refractivity contribution is 0.401. The van der Waals surface area contributed by atoms with Crippen molar-refractivity contribution in [3.63, 3.8) is 0 Å². The number of halogens is 2. The van der Waals surface area contributed by atoms with E-state index in [1.807, 2.05) is 0 Å². The van der Waals surface area contributed by atoms with Gasteiger partial charge in [-0.25, -0.2) is 13.8 Å². The second-order valence-corrected chi connectivity index (χ2v) is 4.30. The average molecular weight is 294 g/mol. The second kappa shape index (κ2) is 4.64. The third-order valence-corrected chi connectivity index (χ3v) is 3.08. The van der Waals surface area contributed by atoms with Gasteiger partial charge in [-0.3, -0.25) is 4.57 Å². The molecule has 8 heteroatoms. The number of aromatic amines is 1. The summed E-state index contributed by atoms with van der Waals surface area (Å²) in [6, 6.07) is 3.58. The van der Waals surface area contributed by atoms with Crippen molar-refractivity contribution in [2.75, 3.05) is 7.11 Å². The number of methoxy groups -OCH3 is 1. The topological polar surface area (TPSA) is 55.7 Å². The predicted molar refractivity (Wildman–Crippen MR) is 70.5 cm³/mol. The predicted octanol–water partition coefficient (Wildman–Crippen LogP) is 2.76. The van der Waals surface area contributed by atoms with Crippen molar-refractivity contribution in [3.05, 3.63) is 40.9 Å². The lowest BCUT2D eigenvalue weighted by atomic mass is 10.3. The van der Waals surface area contributed by atoms with E-state index in [1.54, 1.807) is 0 Å². The van der Waals surface area contributed by atoms with E-state index in [0.717, 1.165) is 12.1 Å². The van der Waals surface area contributed by atoms with Crippen molar-refractivity contribution >= 4 is 23.4 Å². The van der Waals surface area contributed by atoms with Gasteiger partial charge in [-0.05, 0) is 24.4 Å². The summed E-state index contributed by atoms with van der Waals surface area (Å²) in [6.07, 6.45) is 1.24. The highest BCUT2D eigenvalue weighted by Crippen LogP contribution is 2.26. The van der Waals surface area contributed by atoms with Gasteiger partial charge in [0.05, 0.1) is 7.11 Å². The zero-order chi connectivity index (χ0) is 14.3. The molecule has 0 amide bonds. The van der Waals surface area contributed by atoms with Crippen molar-refractivity contribution in [2.24, 2.45) is 0 Å². The van der Waals surface area contributed by atoms with E-state index in [2.05, 4.69) is 15.0 Å². The molecule has 0 spiro atoms. The Hall–Kier alpha value is -2.35. The van der Waals surface area contributed by atoms with Crippen LogP contribution in [-0.2, 0) is 0 Å². The number of imidazole rings is 1. The molecular weight excluding hydrogens is 286 g/mol. The van der Waals surface area contributed by atoms with Crippen LogP contribution in [0, 0.1) is 16.4 Å². The molecule has 102 valence electrons. The standard InChI is InChI=1S/C12H8F2N4OS/c1-19-11-8-10(15-5-16-11)18(12(20)17-8)9-6(13)3-2-4-7(9)14/h2-5H,1H3,(H,17,20). The molecule has 0 radical (unpaired) electrons. The number of benzene rings is 1. The van der Waals surface area contributed by atoms with Crippen molar-refractivity contribution in [3.8, 4) is 11.6 Å². The second-order valence-electron chi connectivity index (χ2n) is 3.92. The van der Waals surface area contributed by atoms with Crippen LogP contribution in [0.3, 0.4) is 0 Å². The molecule has 2 aromatic heterocycles. The molecule has 0 atom stereocenters. The van der Waals surface area contributed by atoms with Gasteiger partial charge in [0, 0.05) is 0 Å². The van der Waals surface area contributed by atoms with E-state index in [0.29, 0.717) is 5.52 Å². The summed E-state index contributed by atoms with van der Waals surface area (Å²) in [5.74, 6) is -1.23. The van der Waals surface area contributed by atoms with E-state index in [9.17, 15) is 8.78 Å². The summed E-state index contributed by atoms with van der Waals surface area (Å²) in [7, 11) is 1.43. The Morgan fingerprint density at radius 3 is 2.60 bits per heavy atom. The number of ether oxygens (including phenoxy) is 1. The maximum absolute atomic E-state index is 13.9. The quantitative estimate of drug-likeness (QED) is 0.738. The Morgan fingerprint density at radius 1 is 1.25 bits per heavy atom. The van der Waals surface area contributed by atoms with Crippen LogP contribution in [0.15, 0.2) is 24.5 Å². The SMILES string of the molecule is COc1ncnc2c1[nH]c(=S)n2-c1c(F)cccc1F. The molecule has 0 saturated carbocycles. The van der Waals surface area contributed by atoms with Crippen LogP contribution >= 0.6 is 12.2 Å². The van der Waals surface area contributed by atoms with Gasteiger partial charge in [-0.1, -0.05) is 6.07 Å². The van der Waals surface area contributed by atoms with E-state index in [1.165, 1.54) is 24.1 Å². The number of nitrogens with zero attached hydrogens (tertiary/aromatic N) is 3. The van der Waals surface area contributed by atoms with Crippen LogP contribution in [0.1, 0.15) is 0 Å². The van der Waals surface area contributed by atoms with E-state index >= 15 is 0 Å². The Bertz CT molecular complexity index is 838. The van der Waals surface area contributed by atoms with Crippen molar-refractivity contribution in [2.45, 2.75) is 0 Å². The molecule has 1 aromatic carbocycles. The summed E-state index contributed by atoms with van der Waals surface area (Å²) in [6.45, 7) is 0. The molecule has 5 nitrogen and oxygen atoms in total. The lowest BCUT2D eigenvalue weighted by Crippen LogP contribution is -2.02. The van der Waals surface area contributed by atoms with Crippen LogP contribution in [0.5, 0.6) is 5.88 Å². The average Bonchev–Trinajstić information content (AvgIpc) is 2.75. The molecule has 20 heavy (non-hydrogen) atoms. The number of nitrogens with one attached hydrogen (secondary N) is 1. The van der Waals surface area contributed by atoms with Crippen LogP contribution < -0.4 is 4.74 Å². The molecular formula is C12H8F2N4OS. The highest BCUT2D eigenvalue weighted by molar-refractivity contribution is 7.71. The van der Waals surface area contributed by atoms with Gasteiger partial charge < -0.3 is 9.72 Å². The normalized spacial score (nSPS) is 10.9. The molecule has 3 aromatic rings. The van der Waals surface area contributed by atoms with Crippen molar-refractivity contribution < 1.29 is 13.5 Å². The number of hydrogen-bond donors (Lipinski definition) is 1. The van der Waals surface area contributed by atoms with E-state index < -0.39 is 11.6 Å². The summed E-state index contributed by atoms with van der Waals surface area (Å²) < 4.78 is 34.2. The van der Waals surface area contributed by atoms with Crippen LogP contribution in [0.4, 0.5) is 8.78 Å². The van der Waals surface area contributed by atoms with E-state index in [4.69, 9.17) is 17.0 Å². The molecule has 1 N–H and O–H groups in total. The summed E-state index contributed by atoms with van der Waals surface area (Å²) in [5.41, 5.74) is 0.331. The monoisotopic (exact) mass is 294 g/mol. The molecule has 0 unspecified atom stereocenters. The number of fused-ring (bicyclic) bond motifs is 1. The first kappa shape index (κ1) is 12.7. The van der Waals surface area contributed by atoms with Gasteiger partial charge in [-0.2, -0.15) is 4.98 Å². The minimum atomic E-state index is -0.737. The van der Waals surface area contributed by atoms with Crippen LogP contribution in [0.2, 0.25) is 0 Å². The van der Waals surface area contributed by atoms with Gasteiger partial charge in [0.2, 0.25) is 5.88 Å². The Morgan fingerprint density at radius 2 is 1.95 bits per heavy atom. The van der Waals surface area contributed by atoms with Gasteiger partial charge in [0.25, 0.3) is 0 Å². The molecule has 0 saturated heterocycles. The maximum Gasteiger partial charge on any atom is 0.242 e. The Balaban J connectivity index is 2.44. The zero-order valence-electron chi connectivity index (χ0n) is 10.2. The molecule has 2 heterocycles. The number of H-pyrrole nitrogens is 1. The number of aromatic nitrogens is 4. The largest absolute Gasteiger partial charge is 0.479 e. The molecule has 0 aliphatic carbocycles. The highest BCUT2D eigenvalue weighted by atomic mass is 32.1. The fraction of sp³-hybridized carbons (Fsp3) is 0.0833. The summed E-state index contributed by atoms with van der Waals surface area (Å²) >= 11 is 5.11. The first-order valence-electron chi connectivity index (χ1n) is 5.57. The van der Waals surface area contributed by atoms with Crippen LogP contribution in [-0.4, -0.2) is 26.6 Å². The van der Waals surface area contributed by atoms with Crippen LogP contribution in [0.25, 0.3) is 16.9 Å².